The summed E-state index contributed by atoms with van der Waals surface area (Å²) in [5.74, 6) is 0.903. The molecule has 4 aliphatic carbocycles. The monoisotopic (exact) mass is 830 g/mol. The summed E-state index contributed by atoms with van der Waals surface area (Å²) < 4.78 is 58.3. The first-order chi connectivity index (χ1) is 27.8. The maximum absolute atomic E-state index is 12.7. The second-order valence-corrected chi connectivity index (χ2v) is 19.2. The van der Waals surface area contributed by atoms with Crippen LogP contribution in [-0.4, -0.2) is 79.4 Å². The number of sulfonamides is 2. The summed E-state index contributed by atoms with van der Waals surface area (Å²) in [6.45, 7) is 4.38. The van der Waals surface area contributed by atoms with E-state index in [9.17, 15) is 21.6 Å². The molecule has 2 amide bonds. The largest absolute Gasteiger partial charge is 0.387 e. The van der Waals surface area contributed by atoms with Crippen LogP contribution in [-0.2, 0) is 97.6 Å². The third-order valence-electron chi connectivity index (χ3n) is 12.0. The molecule has 0 radical (unpaired) electrons. The molecule has 2 aliphatic heterocycles. The molecule has 0 unspecified atom stereocenters. The molecule has 2 aromatic heterocycles. The predicted octanol–water partition coefficient (Wildman–Crippen LogP) is 3.32. The average molecular weight is 831 g/mol. The van der Waals surface area contributed by atoms with Crippen molar-refractivity contribution >= 4 is 31.8 Å². The molecule has 4 N–H and O–H groups in total. The van der Waals surface area contributed by atoms with Crippen LogP contribution in [0.2, 0.25) is 0 Å². The van der Waals surface area contributed by atoms with Crippen LogP contribution in [0.1, 0.15) is 81.6 Å². The van der Waals surface area contributed by atoms with E-state index in [4.69, 9.17) is 15.1 Å². The number of nitrogens with one attached hydrogen (secondary N) is 2. The lowest BCUT2D eigenvalue weighted by molar-refractivity contribution is 0.256. The number of hydrogen-bond acceptors (Lipinski definition) is 11. The van der Waals surface area contributed by atoms with Gasteiger partial charge < -0.3 is 10.1 Å². The minimum atomic E-state index is -4.03. The highest BCUT2D eigenvalue weighted by molar-refractivity contribution is 7.90. The molecule has 0 bridgehead atoms. The minimum Gasteiger partial charge on any atom is -0.387 e. The molecule has 6 aliphatic rings. The summed E-state index contributed by atoms with van der Waals surface area (Å²) >= 11 is 0. The predicted molar refractivity (Wildman–Crippen MR) is 215 cm³/mol. The molecule has 2 aromatic carbocycles. The molecule has 0 saturated carbocycles. The number of carbonyl (C=O) groups is 1. The highest BCUT2D eigenvalue weighted by Crippen LogP contribution is 2.40. The van der Waals surface area contributed by atoms with Crippen LogP contribution < -0.4 is 19.9 Å². The number of hydrogen-bond donors (Lipinski definition) is 3. The summed E-state index contributed by atoms with van der Waals surface area (Å²) in [4.78, 5) is 16.9. The van der Waals surface area contributed by atoms with E-state index in [-0.39, 0.29) is 10.1 Å². The maximum atomic E-state index is 12.7. The van der Waals surface area contributed by atoms with Gasteiger partial charge in [-0.1, -0.05) is 12.1 Å². The van der Waals surface area contributed by atoms with Gasteiger partial charge in [-0.15, -0.1) is 5.26 Å². The van der Waals surface area contributed by atoms with Crippen molar-refractivity contribution in [2.24, 2.45) is 5.14 Å². The zero-order valence-electron chi connectivity index (χ0n) is 33.0. The molecule has 16 nitrogen and oxygen atoms in total. The fourth-order valence-electron chi connectivity index (χ4n) is 9.23. The van der Waals surface area contributed by atoms with E-state index in [0.717, 1.165) is 100 Å². The highest BCUT2D eigenvalue weighted by Gasteiger charge is 2.29. The van der Waals surface area contributed by atoms with Crippen molar-refractivity contribution in [3.8, 4) is 12.0 Å². The Morgan fingerprint density at radius 3 is 1.62 bits per heavy atom. The smallest absolute Gasteiger partial charge is 0.333 e. The van der Waals surface area contributed by atoms with E-state index in [2.05, 4.69) is 42.2 Å². The van der Waals surface area contributed by atoms with Crippen LogP contribution in [0.4, 0.5) is 10.5 Å². The van der Waals surface area contributed by atoms with Crippen LogP contribution in [0.15, 0.2) is 34.3 Å². The Morgan fingerprint density at radius 2 is 1.14 bits per heavy atom. The summed E-state index contributed by atoms with van der Waals surface area (Å²) in [7, 11) is -3.74. The van der Waals surface area contributed by atoms with Crippen molar-refractivity contribution in [3.63, 3.8) is 0 Å². The number of nitrogens with zero attached hydrogens (tertiary/aromatic N) is 7. The first-order valence-corrected chi connectivity index (χ1v) is 23.1. The Bertz CT molecular complexity index is 2480. The Kier molecular flexibility index (Phi) is 11.1. The number of fused-ring (bicyclic) bond motifs is 6. The molecule has 0 saturated heterocycles. The lowest BCUT2D eigenvalue weighted by Gasteiger charge is -2.22. The lowest BCUT2D eigenvalue weighted by atomic mass is 9.99. The number of amides is 2. The van der Waals surface area contributed by atoms with E-state index < -0.39 is 26.1 Å². The quantitative estimate of drug-likeness (QED) is 0.249. The Hall–Kier alpha value is -4.80. The molecular weight excluding hydrogens is 781 g/mol. The van der Waals surface area contributed by atoms with Gasteiger partial charge in [0.15, 0.2) is 10.1 Å². The van der Waals surface area contributed by atoms with Gasteiger partial charge in [-0.2, -0.15) is 18.6 Å². The van der Waals surface area contributed by atoms with Crippen LogP contribution in [0.25, 0.3) is 0 Å². The minimum absolute atomic E-state index is 0.0391. The van der Waals surface area contributed by atoms with Gasteiger partial charge in [0.2, 0.25) is 0 Å². The zero-order valence-corrected chi connectivity index (χ0v) is 34.6. The van der Waals surface area contributed by atoms with Gasteiger partial charge in [0.25, 0.3) is 26.3 Å². The van der Waals surface area contributed by atoms with E-state index >= 15 is 0 Å². The Morgan fingerprint density at radius 1 is 0.690 bits per heavy atom. The Labute approximate surface area is 339 Å². The average Bonchev–Trinajstić information content (AvgIpc) is 4.02. The third kappa shape index (κ3) is 8.23. The number of aryl methyl sites for hydroxylation is 4. The molecule has 58 heavy (non-hydrogen) atoms. The molecule has 18 heteroatoms. The number of rotatable bonds is 5. The summed E-state index contributed by atoms with van der Waals surface area (Å²) in [6.07, 6.45) is 14.8. The van der Waals surface area contributed by atoms with Gasteiger partial charge in [0, 0.05) is 44.0 Å². The number of nitriles is 1. The van der Waals surface area contributed by atoms with E-state index in [1.165, 1.54) is 63.4 Å². The number of carbonyl (C=O) groups excluding carboxylic acids is 1. The van der Waals surface area contributed by atoms with E-state index in [1.54, 1.807) is 15.4 Å². The van der Waals surface area contributed by atoms with Crippen molar-refractivity contribution < 1.29 is 26.4 Å². The van der Waals surface area contributed by atoms with Crippen molar-refractivity contribution in [2.75, 3.05) is 32.5 Å². The van der Waals surface area contributed by atoms with Crippen LogP contribution in [0, 0.1) is 11.5 Å². The number of urea groups is 1. The number of anilines is 1. The molecule has 308 valence electrons. The first-order valence-electron chi connectivity index (χ1n) is 20.0. The number of benzene rings is 2. The summed E-state index contributed by atoms with van der Waals surface area (Å²) in [6, 6.07) is 6.97. The van der Waals surface area contributed by atoms with Crippen molar-refractivity contribution in [1.82, 2.24) is 34.1 Å². The summed E-state index contributed by atoms with van der Waals surface area (Å²) in [5.41, 5.74) is 12.9. The number of ether oxygens (including phenoxy) is 1. The molecule has 10 rings (SSSR count). The molecular formula is C40H50N10O6S2. The molecule has 0 atom stereocenters. The fourth-order valence-corrected chi connectivity index (χ4v) is 10.6. The summed E-state index contributed by atoms with van der Waals surface area (Å²) in [5, 5.41) is 24.5. The molecule has 4 aromatic rings. The SMILES string of the molecule is CN1CCn2nc(S(=O)(=O)NC(=O)Nc3c4c(cc5c3CCC5)CCC4)cc2C1.CN1CCn2nc(S(N)(=O)=O)cc2C1.N#COc1c2c(cc3c1CCC3)CCC2. The van der Waals surface area contributed by atoms with Crippen LogP contribution in [0.5, 0.6) is 5.75 Å². The van der Waals surface area contributed by atoms with Gasteiger partial charge >= 0.3 is 6.03 Å². The maximum Gasteiger partial charge on any atom is 0.333 e. The van der Waals surface area contributed by atoms with Crippen LogP contribution in [0.3, 0.4) is 0 Å². The number of aromatic nitrogens is 4. The standard InChI is InChI=1S/C20H25N5O3S.C13H13NO.C7H12N4O2S/c1-24-8-9-25-15(12-24)11-18(22-25)29(27,28)23-20(26)21-19-16-6-2-4-13(16)10-14-5-3-7-17(14)19;14-8-15-13-11-5-1-3-9(11)7-10-4-2-6-12(10)13;1-10-2-3-11-6(5-10)4-7(9-11)14(8,12)13/h10-11H,2-9,12H2,1H3,(H2,21,23,26);7H,1-6H2;4H,2-3,5H2,1H3,(H2,8,12,13). The van der Waals surface area contributed by atoms with Crippen molar-refractivity contribution in [2.45, 2.75) is 113 Å². The van der Waals surface area contributed by atoms with Gasteiger partial charge in [-0.3, -0.25) is 19.2 Å². The second kappa shape index (κ2) is 16.1. The molecule has 0 fully saturated rings. The normalized spacial score (nSPS) is 17.9. The molecule has 0 spiro atoms. The first kappa shape index (κ1) is 40.0. The highest BCUT2D eigenvalue weighted by atomic mass is 32.2. The fraction of sp³-hybridized carbons (Fsp3) is 0.500. The number of primary sulfonamides is 1. The van der Waals surface area contributed by atoms with Gasteiger partial charge in [0.1, 0.15) is 5.75 Å². The third-order valence-corrected chi connectivity index (χ3v) is 14.0. The number of likely N-dealkylation sites (N-methyl/N-ethyl adjacent to an activating group) is 2. The van der Waals surface area contributed by atoms with Gasteiger partial charge in [-0.25, -0.2) is 23.1 Å². The number of nitrogens with two attached hydrogens (primary N) is 1. The molecule has 4 heterocycles. The van der Waals surface area contributed by atoms with E-state index in [1.807, 2.05) is 20.4 Å². The van der Waals surface area contributed by atoms with Gasteiger partial charge in [-0.05, 0) is 136 Å². The van der Waals surface area contributed by atoms with Crippen LogP contribution >= 0.6 is 0 Å². The zero-order chi connectivity index (χ0) is 40.8. The Balaban J connectivity index is 0.000000135. The lowest BCUT2D eigenvalue weighted by Crippen LogP contribution is -2.35. The second-order valence-electron chi connectivity index (χ2n) is 16.1. The topological polar surface area (TPSA) is 211 Å². The van der Waals surface area contributed by atoms with E-state index in [0.29, 0.717) is 26.2 Å². The van der Waals surface area contributed by atoms with Crippen molar-refractivity contribution in [1.29, 1.82) is 5.26 Å². The van der Waals surface area contributed by atoms with Crippen molar-refractivity contribution in [3.05, 3.63) is 80.2 Å². The van der Waals surface area contributed by atoms with Gasteiger partial charge in [0.05, 0.1) is 24.5 Å².